The molecule has 5 heterocycles. The standard InChI is InChI=1S/C26H26F3N5O6/c1-26(2)37-11-20-25(39-26)23(34-10-18(31-33-34)13-5-15(27)22(29)16(28)6-13)24(36)19(38-20)9-14-8-17(32-40-14)12-3-4-30-21(35)7-12/h3-7,10,14,19-20,23-25,36H,8-9,11H2,1-2H3,(H,30,35)/t14?,19-,20-,23-,24+,25+/m1/s1. The van der Waals surface area contributed by atoms with E-state index in [9.17, 15) is 23.1 Å². The lowest BCUT2D eigenvalue weighted by atomic mass is 9.88. The van der Waals surface area contributed by atoms with Crippen molar-refractivity contribution in [1.29, 1.82) is 0 Å². The first-order valence-electron chi connectivity index (χ1n) is 12.7. The molecule has 212 valence electrons. The lowest BCUT2D eigenvalue weighted by Crippen LogP contribution is -2.62. The summed E-state index contributed by atoms with van der Waals surface area (Å²) < 4.78 is 60.7. The number of hydrogen-bond acceptors (Lipinski definition) is 9. The topological polar surface area (TPSA) is 133 Å². The molecule has 2 aromatic heterocycles. The molecule has 0 spiro atoms. The summed E-state index contributed by atoms with van der Waals surface area (Å²) >= 11 is 0. The Morgan fingerprint density at radius 3 is 2.70 bits per heavy atom. The van der Waals surface area contributed by atoms with Gasteiger partial charge in [0.15, 0.2) is 23.2 Å². The van der Waals surface area contributed by atoms with Crippen molar-refractivity contribution in [3.05, 3.63) is 70.0 Å². The van der Waals surface area contributed by atoms with Crippen molar-refractivity contribution >= 4 is 5.71 Å². The number of nitrogens with one attached hydrogen (secondary N) is 1. The number of pyridine rings is 1. The average Bonchev–Trinajstić information content (AvgIpc) is 3.58. The first-order chi connectivity index (χ1) is 19.1. The highest BCUT2D eigenvalue weighted by Crippen LogP contribution is 2.40. The van der Waals surface area contributed by atoms with E-state index in [1.54, 1.807) is 19.9 Å². The fourth-order valence-corrected chi connectivity index (χ4v) is 5.31. The molecule has 1 aromatic carbocycles. The van der Waals surface area contributed by atoms with Crippen molar-refractivity contribution in [2.75, 3.05) is 6.61 Å². The molecule has 6 atom stereocenters. The predicted molar refractivity (Wildman–Crippen MR) is 132 cm³/mol. The van der Waals surface area contributed by atoms with Crippen LogP contribution in [0.1, 0.15) is 38.3 Å². The molecule has 6 rings (SSSR count). The van der Waals surface area contributed by atoms with Gasteiger partial charge in [-0.1, -0.05) is 10.4 Å². The summed E-state index contributed by atoms with van der Waals surface area (Å²) in [4.78, 5) is 19.8. The fourth-order valence-electron chi connectivity index (χ4n) is 5.31. The van der Waals surface area contributed by atoms with E-state index in [0.717, 1.165) is 12.1 Å². The Morgan fingerprint density at radius 1 is 1.18 bits per heavy atom. The summed E-state index contributed by atoms with van der Waals surface area (Å²) in [5.74, 6) is -5.28. The molecule has 2 N–H and O–H groups in total. The van der Waals surface area contributed by atoms with Crippen LogP contribution in [0.25, 0.3) is 11.3 Å². The normalized spacial score (nSPS) is 29.5. The molecule has 0 saturated carbocycles. The zero-order chi connectivity index (χ0) is 28.2. The number of aromatic nitrogens is 4. The smallest absolute Gasteiger partial charge is 0.248 e. The van der Waals surface area contributed by atoms with E-state index in [1.807, 2.05) is 0 Å². The molecule has 1 unspecified atom stereocenters. The summed E-state index contributed by atoms with van der Waals surface area (Å²) in [7, 11) is 0. The number of H-pyrrole nitrogens is 1. The van der Waals surface area contributed by atoms with Gasteiger partial charge >= 0.3 is 0 Å². The summed E-state index contributed by atoms with van der Waals surface area (Å²) in [5, 5.41) is 23.8. The molecule has 14 heteroatoms. The zero-order valence-corrected chi connectivity index (χ0v) is 21.5. The summed E-state index contributed by atoms with van der Waals surface area (Å²) in [6.45, 7) is 3.64. The van der Waals surface area contributed by atoms with Gasteiger partial charge in [0, 0.05) is 36.2 Å². The molecule has 3 aliphatic rings. The first kappa shape index (κ1) is 26.6. The molecule has 0 radical (unpaired) electrons. The number of aromatic amines is 1. The molecule has 0 aliphatic carbocycles. The van der Waals surface area contributed by atoms with Crippen LogP contribution in [0.2, 0.25) is 0 Å². The molecule has 0 bridgehead atoms. The number of benzene rings is 1. The van der Waals surface area contributed by atoms with Crippen LogP contribution in [-0.4, -0.2) is 73.7 Å². The number of rotatable bonds is 5. The summed E-state index contributed by atoms with van der Waals surface area (Å²) in [6.07, 6.45) is -0.0910. The van der Waals surface area contributed by atoms with Crippen LogP contribution in [0.5, 0.6) is 0 Å². The van der Waals surface area contributed by atoms with Crippen LogP contribution in [0, 0.1) is 17.5 Å². The second-order valence-electron chi connectivity index (χ2n) is 10.5. The number of aliphatic hydroxyl groups is 1. The van der Waals surface area contributed by atoms with Gasteiger partial charge in [-0.05, 0) is 32.0 Å². The van der Waals surface area contributed by atoms with Gasteiger partial charge in [0.05, 0.1) is 24.6 Å². The second kappa shape index (κ2) is 10.1. The Balaban J connectivity index is 1.25. The largest absolute Gasteiger partial charge is 0.392 e. The Labute approximate surface area is 225 Å². The maximum atomic E-state index is 13.9. The first-order valence-corrected chi connectivity index (χ1v) is 12.7. The number of nitrogens with zero attached hydrogens (tertiary/aromatic N) is 4. The maximum absolute atomic E-state index is 13.9. The minimum atomic E-state index is -1.58. The minimum absolute atomic E-state index is 0.0192. The number of oxime groups is 1. The minimum Gasteiger partial charge on any atom is -0.392 e. The molecule has 2 fully saturated rings. The lowest BCUT2D eigenvalue weighted by molar-refractivity contribution is -0.349. The van der Waals surface area contributed by atoms with E-state index in [-0.39, 0.29) is 29.8 Å². The molecule has 0 amide bonds. The van der Waals surface area contributed by atoms with Crippen molar-refractivity contribution < 1.29 is 37.3 Å². The third kappa shape index (κ3) is 5.03. The van der Waals surface area contributed by atoms with Crippen LogP contribution in [0.15, 0.2) is 46.6 Å². The highest BCUT2D eigenvalue weighted by Gasteiger charge is 2.52. The van der Waals surface area contributed by atoms with Gasteiger partial charge in [-0.25, -0.2) is 17.9 Å². The van der Waals surface area contributed by atoms with Gasteiger partial charge in [-0.2, -0.15) is 0 Å². The fraction of sp³-hybridized carbons (Fsp3) is 0.462. The molecule has 2 saturated heterocycles. The van der Waals surface area contributed by atoms with Gasteiger partial charge in [0.1, 0.15) is 36.2 Å². The molecular weight excluding hydrogens is 535 g/mol. The monoisotopic (exact) mass is 561 g/mol. The number of aliphatic hydroxyl groups excluding tert-OH is 1. The molecular formula is C26H26F3N5O6. The van der Waals surface area contributed by atoms with E-state index in [2.05, 4.69) is 20.5 Å². The van der Waals surface area contributed by atoms with Gasteiger partial charge in [0.2, 0.25) is 5.56 Å². The second-order valence-corrected chi connectivity index (χ2v) is 10.5. The maximum Gasteiger partial charge on any atom is 0.248 e. The zero-order valence-electron chi connectivity index (χ0n) is 21.5. The summed E-state index contributed by atoms with van der Waals surface area (Å²) in [5.41, 5.74) is 1.03. The van der Waals surface area contributed by atoms with E-state index in [4.69, 9.17) is 19.0 Å². The van der Waals surface area contributed by atoms with Crippen molar-refractivity contribution in [2.24, 2.45) is 5.16 Å². The van der Waals surface area contributed by atoms with Crippen LogP contribution < -0.4 is 5.56 Å². The Hall–Kier alpha value is -3.59. The molecule has 3 aromatic rings. The SMILES string of the molecule is CC1(C)OC[C@H]2O[C@H](CC3CC(c4cc[nH]c(=O)c4)=NO3)[C@H](O)[C@@H](n3cc(-c4cc(F)c(F)c(F)c4)nn3)[C@H]2O1. The number of fused-ring (bicyclic) bond motifs is 1. The van der Waals surface area contributed by atoms with Crippen molar-refractivity contribution in [3.8, 4) is 11.3 Å². The van der Waals surface area contributed by atoms with E-state index in [1.165, 1.54) is 23.1 Å². The van der Waals surface area contributed by atoms with Crippen LogP contribution >= 0.6 is 0 Å². The Bertz CT molecular complexity index is 1490. The van der Waals surface area contributed by atoms with E-state index in [0.29, 0.717) is 17.7 Å². The lowest BCUT2D eigenvalue weighted by Gasteiger charge is -2.50. The predicted octanol–water partition coefficient (Wildman–Crippen LogP) is 2.45. The van der Waals surface area contributed by atoms with Crippen molar-refractivity contribution in [2.45, 2.75) is 69.0 Å². The Kier molecular flexibility index (Phi) is 6.73. The quantitative estimate of drug-likeness (QED) is 0.454. The van der Waals surface area contributed by atoms with Gasteiger partial charge in [-0.15, -0.1) is 5.10 Å². The van der Waals surface area contributed by atoms with Gasteiger partial charge in [0.25, 0.3) is 0 Å². The third-order valence-electron chi connectivity index (χ3n) is 7.23. The third-order valence-corrected chi connectivity index (χ3v) is 7.23. The van der Waals surface area contributed by atoms with Gasteiger partial charge in [-0.3, -0.25) is 4.79 Å². The van der Waals surface area contributed by atoms with Crippen LogP contribution in [0.4, 0.5) is 13.2 Å². The molecule has 11 nitrogen and oxygen atoms in total. The number of hydrogen-bond donors (Lipinski definition) is 2. The van der Waals surface area contributed by atoms with Gasteiger partial charge < -0.3 is 29.1 Å². The number of ether oxygens (including phenoxy) is 3. The van der Waals surface area contributed by atoms with Crippen molar-refractivity contribution in [3.63, 3.8) is 0 Å². The van der Waals surface area contributed by atoms with E-state index >= 15 is 0 Å². The number of halogens is 3. The highest BCUT2D eigenvalue weighted by molar-refractivity contribution is 6.01. The Morgan fingerprint density at radius 2 is 1.95 bits per heavy atom. The average molecular weight is 562 g/mol. The molecule has 3 aliphatic heterocycles. The molecule has 40 heavy (non-hydrogen) atoms. The van der Waals surface area contributed by atoms with Crippen LogP contribution in [0.3, 0.4) is 0 Å². The van der Waals surface area contributed by atoms with Crippen LogP contribution in [-0.2, 0) is 19.0 Å². The highest BCUT2D eigenvalue weighted by atomic mass is 19.2. The van der Waals surface area contributed by atoms with Crippen molar-refractivity contribution in [1.82, 2.24) is 20.0 Å². The van der Waals surface area contributed by atoms with E-state index < -0.39 is 59.8 Å². The summed E-state index contributed by atoms with van der Waals surface area (Å²) in [6, 6.07) is 3.97.